The summed E-state index contributed by atoms with van der Waals surface area (Å²) >= 11 is 0. The highest BCUT2D eigenvalue weighted by Gasteiger charge is 2.15. The van der Waals surface area contributed by atoms with Gasteiger partial charge in [0.1, 0.15) is 5.82 Å². The van der Waals surface area contributed by atoms with E-state index in [1.165, 1.54) is 0 Å². The first-order chi connectivity index (χ1) is 14.0. The molecule has 0 aliphatic rings. The fraction of sp³-hybridized carbons (Fsp3) is 0.190. The molecule has 1 aromatic carbocycles. The van der Waals surface area contributed by atoms with Crippen molar-refractivity contribution in [2.75, 3.05) is 5.32 Å². The SMILES string of the molecule is Cc1cc(C)nc(-n2nc(C)cc2NC(=O)c2ccc(Cn3cccn3)cc2)n1. The number of amides is 1. The van der Waals surface area contributed by atoms with Gasteiger partial charge in [-0.15, -0.1) is 0 Å². The second-order valence-corrected chi connectivity index (χ2v) is 6.89. The number of carbonyl (C=O) groups excluding carboxylic acids is 1. The van der Waals surface area contributed by atoms with Crippen molar-refractivity contribution in [1.29, 1.82) is 0 Å². The Morgan fingerprint density at radius 1 is 1.00 bits per heavy atom. The monoisotopic (exact) mass is 387 g/mol. The van der Waals surface area contributed by atoms with Crippen LogP contribution in [0, 0.1) is 20.8 Å². The van der Waals surface area contributed by atoms with E-state index in [1.54, 1.807) is 29.1 Å². The number of benzene rings is 1. The number of hydrogen-bond acceptors (Lipinski definition) is 5. The van der Waals surface area contributed by atoms with E-state index in [0.29, 0.717) is 23.9 Å². The molecule has 0 spiro atoms. The van der Waals surface area contributed by atoms with Crippen LogP contribution < -0.4 is 5.32 Å². The van der Waals surface area contributed by atoms with Crippen LogP contribution in [0.25, 0.3) is 5.95 Å². The van der Waals surface area contributed by atoms with Crippen LogP contribution >= 0.6 is 0 Å². The fourth-order valence-electron chi connectivity index (χ4n) is 3.07. The van der Waals surface area contributed by atoms with E-state index < -0.39 is 0 Å². The quantitative estimate of drug-likeness (QED) is 0.568. The third kappa shape index (κ3) is 4.21. The minimum absolute atomic E-state index is 0.221. The summed E-state index contributed by atoms with van der Waals surface area (Å²) in [5.41, 5.74) is 4.06. The van der Waals surface area contributed by atoms with Gasteiger partial charge in [-0.3, -0.25) is 9.48 Å². The topological polar surface area (TPSA) is 90.5 Å². The highest BCUT2D eigenvalue weighted by Crippen LogP contribution is 2.17. The molecule has 8 nitrogen and oxygen atoms in total. The molecule has 146 valence electrons. The maximum atomic E-state index is 12.8. The van der Waals surface area contributed by atoms with Gasteiger partial charge in [-0.25, -0.2) is 9.97 Å². The molecule has 0 unspecified atom stereocenters. The molecule has 4 aromatic rings. The minimum atomic E-state index is -0.221. The summed E-state index contributed by atoms with van der Waals surface area (Å²) in [4.78, 5) is 21.6. The molecule has 1 N–H and O–H groups in total. The Morgan fingerprint density at radius 3 is 2.38 bits per heavy atom. The number of aryl methyl sites for hydroxylation is 3. The molecule has 29 heavy (non-hydrogen) atoms. The van der Waals surface area contributed by atoms with E-state index in [9.17, 15) is 4.79 Å². The van der Waals surface area contributed by atoms with Crippen molar-refractivity contribution >= 4 is 11.7 Å². The second-order valence-electron chi connectivity index (χ2n) is 6.89. The lowest BCUT2D eigenvalue weighted by molar-refractivity contribution is 0.102. The minimum Gasteiger partial charge on any atom is -0.306 e. The lowest BCUT2D eigenvalue weighted by Crippen LogP contribution is -2.16. The number of nitrogens with zero attached hydrogens (tertiary/aromatic N) is 6. The van der Waals surface area contributed by atoms with E-state index in [2.05, 4.69) is 25.5 Å². The first-order valence-electron chi connectivity index (χ1n) is 9.25. The normalized spacial score (nSPS) is 10.9. The van der Waals surface area contributed by atoms with E-state index in [0.717, 1.165) is 22.6 Å². The van der Waals surface area contributed by atoms with Gasteiger partial charge in [-0.05, 0) is 50.6 Å². The zero-order valence-corrected chi connectivity index (χ0v) is 16.5. The van der Waals surface area contributed by atoms with Crippen molar-refractivity contribution < 1.29 is 4.79 Å². The summed E-state index contributed by atoms with van der Waals surface area (Å²) in [6, 6.07) is 13.0. The van der Waals surface area contributed by atoms with Crippen LogP contribution in [0.1, 0.15) is 33.0 Å². The third-order valence-electron chi connectivity index (χ3n) is 4.35. The van der Waals surface area contributed by atoms with Gasteiger partial charge in [0.25, 0.3) is 11.9 Å². The van der Waals surface area contributed by atoms with Crippen LogP contribution in [0.15, 0.2) is 54.9 Å². The summed E-state index contributed by atoms with van der Waals surface area (Å²) in [6.07, 6.45) is 3.64. The van der Waals surface area contributed by atoms with Gasteiger partial charge in [0, 0.05) is 35.4 Å². The Kier molecular flexibility index (Phi) is 4.90. The Morgan fingerprint density at radius 2 is 1.72 bits per heavy atom. The van der Waals surface area contributed by atoms with Crippen molar-refractivity contribution in [1.82, 2.24) is 29.5 Å². The average molecular weight is 387 g/mol. The summed E-state index contributed by atoms with van der Waals surface area (Å²) in [6.45, 7) is 6.32. The van der Waals surface area contributed by atoms with Gasteiger partial charge in [0.15, 0.2) is 0 Å². The third-order valence-corrected chi connectivity index (χ3v) is 4.35. The van der Waals surface area contributed by atoms with Crippen LogP contribution in [0.5, 0.6) is 0 Å². The largest absolute Gasteiger partial charge is 0.306 e. The van der Waals surface area contributed by atoms with E-state index in [4.69, 9.17) is 0 Å². The van der Waals surface area contributed by atoms with Gasteiger partial charge in [0.05, 0.1) is 12.2 Å². The summed E-state index contributed by atoms with van der Waals surface area (Å²) in [5.74, 6) is 0.736. The highest BCUT2D eigenvalue weighted by molar-refractivity contribution is 6.03. The molecule has 0 bridgehead atoms. The van der Waals surface area contributed by atoms with Gasteiger partial charge >= 0.3 is 0 Å². The molecule has 4 rings (SSSR count). The lowest BCUT2D eigenvalue weighted by atomic mass is 10.1. The molecule has 0 fully saturated rings. The van der Waals surface area contributed by atoms with Crippen molar-refractivity contribution in [3.05, 3.63) is 83.1 Å². The van der Waals surface area contributed by atoms with Crippen LogP contribution in [-0.2, 0) is 6.54 Å². The molecule has 0 atom stereocenters. The Balaban J connectivity index is 1.54. The first-order valence-corrected chi connectivity index (χ1v) is 9.25. The number of rotatable bonds is 5. The Bertz CT molecular complexity index is 1120. The fourth-order valence-corrected chi connectivity index (χ4v) is 3.07. The smallest absolute Gasteiger partial charge is 0.256 e. The summed E-state index contributed by atoms with van der Waals surface area (Å²) in [7, 11) is 0. The van der Waals surface area contributed by atoms with Gasteiger partial charge < -0.3 is 5.32 Å². The van der Waals surface area contributed by atoms with Crippen molar-refractivity contribution in [2.24, 2.45) is 0 Å². The molecule has 0 aliphatic heterocycles. The summed E-state index contributed by atoms with van der Waals surface area (Å²) in [5, 5.41) is 11.5. The number of nitrogens with one attached hydrogen (secondary N) is 1. The first kappa shape index (κ1) is 18.5. The van der Waals surface area contributed by atoms with Gasteiger partial charge in [-0.2, -0.15) is 14.9 Å². The molecule has 8 heteroatoms. The molecule has 0 radical (unpaired) electrons. The van der Waals surface area contributed by atoms with E-state index in [-0.39, 0.29) is 5.91 Å². The Hall–Kier alpha value is -3.81. The molecule has 3 heterocycles. The standard InChI is InChI=1S/C21H21N7O/c1-14-11-15(2)24-21(23-14)28-19(12-16(3)26-28)25-20(29)18-7-5-17(6-8-18)13-27-10-4-9-22-27/h4-12H,13H2,1-3H3,(H,25,29). The number of carbonyl (C=O) groups is 1. The highest BCUT2D eigenvalue weighted by atomic mass is 16.1. The zero-order valence-electron chi connectivity index (χ0n) is 16.5. The number of hydrogen-bond donors (Lipinski definition) is 1. The van der Waals surface area contributed by atoms with Crippen LogP contribution in [-0.4, -0.2) is 35.4 Å². The van der Waals surface area contributed by atoms with E-state index in [1.807, 2.05) is 55.9 Å². The van der Waals surface area contributed by atoms with Crippen molar-refractivity contribution in [2.45, 2.75) is 27.3 Å². The zero-order chi connectivity index (χ0) is 20.4. The second kappa shape index (κ2) is 7.67. The van der Waals surface area contributed by atoms with Crippen LogP contribution in [0.4, 0.5) is 5.82 Å². The average Bonchev–Trinajstić information content (AvgIpc) is 3.31. The Labute approximate surface area is 168 Å². The van der Waals surface area contributed by atoms with Crippen molar-refractivity contribution in [3.63, 3.8) is 0 Å². The predicted molar refractivity (Wildman–Crippen MR) is 109 cm³/mol. The van der Waals surface area contributed by atoms with Crippen molar-refractivity contribution in [3.8, 4) is 5.95 Å². The molecular weight excluding hydrogens is 366 g/mol. The predicted octanol–water partition coefficient (Wildman–Crippen LogP) is 3.08. The van der Waals surface area contributed by atoms with Crippen LogP contribution in [0.2, 0.25) is 0 Å². The molecule has 0 saturated heterocycles. The van der Waals surface area contributed by atoms with Gasteiger partial charge in [0.2, 0.25) is 0 Å². The molecular formula is C21H21N7O. The van der Waals surface area contributed by atoms with Gasteiger partial charge in [-0.1, -0.05) is 12.1 Å². The molecule has 1 amide bonds. The van der Waals surface area contributed by atoms with E-state index >= 15 is 0 Å². The lowest BCUT2D eigenvalue weighted by Gasteiger charge is -2.09. The maximum absolute atomic E-state index is 12.8. The van der Waals surface area contributed by atoms with Crippen LogP contribution in [0.3, 0.4) is 0 Å². The molecule has 0 aliphatic carbocycles. The maximum Gasteiger partial charge on any atom is 0.256 e. The molecule has 3 aromatic heterocycles. The number of anilines is 1. The molecule has 0 saturated carbocycles. The number of aromatic nitrogens is 6. The summed E-state index contributed by atoms with van der Waals surface area (Å²) < 4.78 is 3.39.